The molecule has 6 unspecified atom stereocenters. The third-order valence-electron chi connectivity index (χ3n) is 2.87. The van der Waals surface area contributed by atoms with Crippen molar-refractivity contribution in [3.8, 4) is 0 Å². The van der Waals surface area contributed by atoms with E-state index in [1.165, 1.54) is 0 Å². The minimum absolute atomic E-state index is 2.23. The summed E-state index contributed by atoms with van der Waals surface area (Å²) in [6.45, 7) is 0. The minimum atomic E-state index is -6.04. The van der Waals surface area contributed by atoms with Gasteiger partial charge in [-0.05, 0) is 0 Å². The van der Waals surface area contributed by atoms with Gasteiger partial charge in [0, 0.05) is 0 Å². The molecule has 1 rings (SSSR count). The topological polar surface area (TPSA) is 281 Å². The third-order valence-corrected chi connectivity index (χ3v) is 6.72. The maximum absolute atomic E-state index is 11.6. The second kappa shape index (κ2) is 7.30. The van der Waals surface area contributed by atoms with Crippen molar-refractivity contribution in [2.24, 2.45) is 0 Å². The summed E-state index contributed by atoms with van der Waals surface area (Å²) < 4.78 is 43.8. The lowest BCUT2D eigenvalue weighted by Crippen LogP contribution is -2.71. The van der Waals surface area contributed by atoms with E-state index in [4.69, 9.17) is 14.7 Å². The van der Waals surface area contributed by atoms with E-state index in [9.17, 15) is 49.2 Å². The van der Waals surface area contributed by atoms with Crippen molar-refractivity contribution in [2.45, 2.75) is 36.3 Å². The molecule has 1 aliphatic carbocycles. The number of aliphatic hydroxyl groups excluding tert-OH is 5. The molecule has 0 aliphatic heterocycles. The largest absolute Gasteiger partial charge is 0.490 e. The number of rotatable bonds is 6. The molecule has 25 heavy (non-hydrogen) atoms. The molecule has 10 N–H and O–H groups in total. The minimum Gasteiger partial charge on any atom is -0.387 e. The highest BCUT2D eigenvalue weighted by molar-refractivity contribution is 7.66. The van der Waals surface area contributed by atoms with Gasteiger partial charge in [0.2, 0.25) is 5.79 Å². The van der Waals surface area contributed by atoms with Crippen molar-refractivity contribution in [3.63, 3.8) is 0 Å². The van der Waals surface area contributed by atoms with Crippen LogP contribution in [-0.2, 0) is 26.8 Å². The zero-order valence-electron chi connectivity index (χ0n) is 11.7. The molecule has 0 aromatic heterocycles. The predicted octanol–water partition coefficient (Wildman–Crippen LogP) is -4.16. The molecule has 0 spiro atoms. The number of hydrogen-bond donors (Lipinski definition) is 10. The zero-order chi connectivity index (χ0) is 20.0. The molecule has 0 saturated heterocycles. The zero-order valence-corrected chi connectivity index (χ0v) is 14.3. The van der Waals surface area contributed by atoms with Crippen LogP contribution in [0.25, 0.3) is 0 Å². The summed E-state index contributed by atoms with van der Waals surface area (Å²) in [6, 6.07) is 0. The normalized spacial score (nSPS) is 41.8. The number of phosphoric acid groups is 3. The maximum atomic E-state index is 11.6. The first kappa shape index (κ1) is 23.2. The Morgan fingerprint density at radius 2 is 1.08 bits per heavy atom. The second-order valence-corrected chi connectivity index (χ2v) is 9.14. The molecule has 0 heterocycles. The highest BCUT2D eigenvalue weighted by atomic mass is 31.3. The number of aliphatic hydroxyl groups is 6. The summed E-state index contributed by atoms with van der Waals surface area (Å²) in [5.41, 5.74) is 0. The van der Waals surface area contributed by atoms with Gasteiger partial charge in [-0.15, -0.1) is 0 Å². The Morgan fingerprint density at radius 3 is 1.44 bits per heavy atom. The van der Waals surface area contributed by atoms with Crippen molar-refractivity contribution in [1.29, 1.82) is 0 Å². The van der Waals surface area contributed by atoms with Gasteiger partial charge in [-0.25, -0.2) is 18.2 Å². The summed E-state index contributed by atoms with van der Waals surface area (Å²) in [5.74, 6) is -3.72. The molecule has 1 saturated carbocycles. The van der Waals surface area contributed by atoms with Gasteiger partial charge >= 0.3 is 23.5 Å². The molecule has 1 aliphatic rings. The van der Waals surface area contributed by atoms with Crippen molar-refractivity contribution in [1.82, 2.24) is 0 Å². The van der Waals surface area contributed by atoms with Gasteiger partial charge < -0.3 is 50.2 Å². The first-order chi connectivity index (χ1) is 10.9. The molecule has 0 radical (unpaired) electrons. The summed E-state index contributed by atoms with van der Waals surface area (Å²) in [7, 11) is -17.7. The van der Waals surface area contributed by atoms with E-state index < -0.39 is 59.8 Å². The molecule has 150 valence electrons. The standard InChI is InChI=1S/C6H15O16P3/c7-1-2(8)4(10)6(12,5(11)3(1)9)20-24(16,17)22-25(18,19)21-23(13,14)15/h1-5,7-12H,(H,16,17)(H,18,19)(H2,13,14,15). The van der Waals surface area contributed by atoms with E-state index in [1.807, 2.05) is 0 Å². The van der Waals surface area contributed by atoms with E-state index in [2.05, 4.69) is 13.1 Å². The molecular formula is C6H15O16P3. The van der Waals surface area contributed by atoms with Crippen molar-refractivity contribution in [3.05, 3.63) is 0 Å². The van der Waals surface area contributed by atoms with Crippen molar-refractivity contribution in [2.75, 3.05) is 0 Å². The van der Waals surface area contributed by atoms with Crippen LogP contribution in [0.15, 0.2) is 0 Å². The molecule has 0 aromatic rings. The Hall–Kier alpha value is 0.170. The first-order valence-electron chi connectivity index (χ1n) is 5.89. The third kappa shape index (κ3) is 5.57. The fourth-order valence-corrected chi connectivity index (χ4v) is 5.05. The first-order valence-corrected chi connectivity index (χ1v) is 10.4. The van der Waals surface area contributed by atoms with Crippen LogP contribution in [0.5, 0.6) is 0 Å². The lowest BCUT2D eigenvalue weighted by Gasteiger charge is -2.46. The summed E-state index contributed by atoms with van der Waals surface area (Å²) in [4.78, 5) is 34.9. The van der Waals surface area contributed by atoms with E-state index in [0.717, 1.165) is 0 Å². The van der Waals surface area contributed by atoms with E-state index in [-0.39, 0.29) is 0 Å². The van der Waals surface area contributed by atoms with Crippen LogP contribution in [-0.4, -0.2) is 86.5 Å². The average Bonchev–Trinajstić information content (AvgIpc) is 2.36. The Bertz CT molecular complexity index is 611. The fraction of sp³-hybridized carbons (Fsp3) is 1.00. The van der Waals surface area contributed by atoms with E-state index in [0.29, 0.717) is 0 Å². The monoisotopic (exact) mass is 436 g/mol. The Balaban J connectivity index is 3.06. The average molecular weight is 436 g/mol. The molecule has 1 fully saturated rings. The van der Waals surface area contributed by atoms with Crippen molar-refractivity contribution < 1.29 is 77.1 Å². The quantitative estimate of drug-likeness (QED) is 0.140. The Labute approximate surface area is 137 Å². The predicted molar refractivity (Wildman–Crippen MR) is 69.9 cm³/mol. The summed E-state index contributed by atoms with van der Waals surface area (Å²) in [5, 5.41) is 57.1. The molecule has 6 atom stereocenters. The SMILES string of the molecule is O=P(O)(O)OP(=O)(O)OP(=O)(O)OC1(O)C(O)C(O)C(O)C(O)C1O. The molecule has 0 aromatic carbocycles. The highest BCUT2D eigenvalue weighted by Crippen LogP contribution is 2.67. The maximum Gasteiger partial charge on any atom is 0.490 e. The van der Waals surface area contributed by atoms with Gasteiger partial charge in [0.1, 0.15) is 30.5 Å². The van der Waals surface area contributed by atoms with Crippen LogP contribution in [0.1, 0.15) is 0 Å². The molecule has 0 bridgehead atoms. The van der Waals surface area contributed by atoms with Gasteiger partial charge in [0.05, 0.1) is 0 Å². The molecule has 19 heteroatoms. The van der Waals surface area contributed by atoms with Gasteiger partial charge in [0.15, 0.2) is 0 Å². The van der Waals surface area contributed by atoms with Gasteiger partial charge in [0.25, 0.3) is 0 Å². The molecule has 16 nitrogen and oxygen atoms in total. The lowest BCUT2D eigenvalue weighted by atomic mass is 9.82. The Morgan fingerprint density at radius 1 is 0.680 bits per heavy atom. The smallest absolute Gasteiger partial charge is 0.387 e. The summed E-state index contributed by atoms with van der Waals surface area (Å²) in [6.07, 6.45) is -12.6. The lowest BCUT2D eigenvalue weighted by molar-refractivity contribution is -0.336. The van der Waals surface area contributed by atoms with Crippen LogP contribution in [0.2, 0.25) is 0 Å². The van der Waals surface area contributed by atoms with Crippen LogP contribution >= 0.6 is 23.5 Å². The molecule has 0 amide bonds. The van der Waals surface area contributed by atoms with Crippen LogP contribution < -0.4 is 0 Å². The summed E-state index contributed by atoms with van der Waals surface area (Å²) >= 11 is 0. The fourth-order valence-electron chi connectivity index (χ4n) is 1.83. The van der Waals surface area contributed by atoms with Gasteiger partial charge in [-0.3, -0.25) is 0 Å². The van der Waals surface area contributed by atoms with E-state index >= 15 is 0 Å². The highest BCUT2D eigenvalue weighted by Gasteiger charge is 2.62. The van der Waals surface area contributed by atoms with Gasteiger partial charge in [-0.2, -0.15) is 8.62 Å². The number of hydrogen-bond acceptors (Lipinski definition) is 12. The number of phosphoric ester groups is 1. The van der Waals surface area contributed by atoms with Crippen molar-refractivity contribution >= 4 is 23.5 Å². The molecular weight excluding hydrogens is 421 g/mol. The Kier molecular flexibility index (Phi) is 6.77. The van der Waals surface area contributed by atoms with Crippen LogP contribution in [0.4, 0.5) is 0 Å². The second-order valence-electron chi connectivity index (χ2n) is 4.80. The van der Waals surface area contributed by atoms with Gasteiger partial charge in [-0.1, -0.05) is 0 Å². The van der Waals surface area contributed by atoms with Crippen LogP contribution in [0, 0.1) is 0 Å². The van der Waals surface area contributed by atoms with E-state index in [1.54, 1.807) is 0 Å². The van der Waals surface area contributed by atoms with Crippen LogP contribution in [0.3, 0.4) is 0 Å².